The Hall–Kier alpha value is -0.0800. The summed E-state index contributed by atoms with van der Waals surface area (Å²) < 4.78 is 0. The summed E-state index contributed by atoms with van der Waals surface area (Å²) in [7, 11) is 0. The van der Waals surface area contributed by atoms with Gasteiger partial charge in [0.2, 0.25) is 0 Å². The lowest BCUT2D eigenvalue weighted by atomic mass is 9.81. The van der Waals surface area contributed by atoms with E-state index in [-0.39, 0.29) is 5.60 Å². The monoisotopic (exact) mass is 186 g/mol. The van der Waals surface area contributed by atoms with Gasteiger partial charge in [-0.25, -0.2) is 4.89 Å². The molecule has 0 saturated heterocycles. The third-order valence-electron chi connectivity index (χ3n) is 3.19. The van der Waals surface area contributed by atoms with Gasteiger partial charge in [0.15, 0.2) is 0 Å². The van der Waals surface area contributed by atoms with E-state index in [1.807, 2.05) is 0 Å². The fourth-order valence-electron chi connectivity index (χ4n) is 2.28. The van der Waals surface area contributed by atoms with Crippen LogP contribution in [0.1, 0.15) is 64.7 Å². The Kier molecular flexibility index (Phi) is 4.74. The SMILES string of the molecule is CCCCCC1(OO)CCCCC1. The summed E-state index contributed by atoms with van der Waals surface area (Å²) in [5.41, 5.74) is -0.173. The molecule has 0 aromatic carbocycles. The van der Waals surface area contributed by atoms with Gasteiger partial charge in [0.25, 0.3) is 0 Å². The molecular weight excluding hydrogens is 164 g/mol. The Morgan fingerprint density at radius 3 is 2.38 bits per heavy atom. The molecule has 0 aromatic rings. The summed E-state index contributed by atoms with van der Waals surface area (Å²) in [6, 6.07) is 0. The van der Waals surface area contributed by atoms with E-state index in [2.05, 4.69) is 6.92 Å². The van der Waals surface area contributed by atoms with Crippen LogP contribution in [0.25, 0.3) is 0 Å². The second-order valence-corrected chi connectivity index (χ2v) is 4.29. The van der Waals surface area contributed by atoms with Gasteiger partial charge in [-0.3, -0.25) is 5.26 Å². The fourth-order valence-corrected chi connectivity index (χ4v) is 2.28. The van der Waals surface area contributed by atoms with Crippen molar-refractivity contribution < 1.29 is 10.1 Å². The maximum atomic E-state index is 8.94. The fraction of sp³-hybridized carbons (Fsp3) is 1.00. The van der Waals surface area contributed by atoms with Crippen LogP contribution in [0.3, 0.4) is 0 Å². The molecular formula is C11H22O2. The van der Waals surface area contributed by atoms with E-state index in [0.29, 0.717) is 0 Å². The Labute approximate surface area is 81.2 Å². The van der Waals surface area contributed by atoms with E-state index in [1.54, 1.807) is 0 Å². The number of rotatable bonds is 5. The van der Waals surface area contributed by atoms with Gasteiger partial charge in [-0.05, 0) is 19.3 Å². The smallest absolute Gasteiger partial charge is 0.103 e. The first-order valence-electron chi connectivity index (χ1n) is 5.65. The highest BCUT2D eigenvalue weighted by molar-refractivity contribution is 4.82. The lowest BCUT2D eigenvalue weighted by molar-refractivity contribution is -0.332. The normalized spacial score (nSPS) is 21.7. The summed E-state index contributed by atoms with van der Waals surface area (Å²) in [5, 5.41) is 8.94. The molecule has 13 heavy (non-hydrogen) atoms. The Bertz CT molecular complexity index is 128. The standard InChI is InChI=1S/C11H22O2/c1-2-3-5-8-11(13-12)9-6-4-7-10-11/h12H,2-10H2,1H3. The van der Waals surface area contributed by atoms with Crippen LogP contribution in [-0.4, -0.2) is 10.9 Å². The van der Waals surface area contributed by atoms with Gasteiger partial charge < -0.3 is 0 Å². The molecule has 2 heteroatoms. The first-order chi connectivity index (χ1) is 6.33. The quantitative estimate of drug-likeness (QED) is 0.402. The Morgan fingerprint density at radius 1 is 1.15 bits per heavy atom. The maximum absolute atomic E-state index is 8.94. The van der Waals surface area contributed by atoms with Crippen LogP contribution in [-0.2, 0) is 4.89 Å². The van der Waals surface area contributed by atoms with Gasteiger partial charge in [-0.2, -0.15) is 0 Å². The van der Waals surface area contributed by atoms with Gasteiger partial charge >= 0.3 is 0 Å². The second-order valence-electron chi connectivity index (χ2n) is 4.29. The Balaban J connectivity index is 2.29. The van der Waals surface area contributed by atoms with Crippen LogP contribution < -0.4 is 0 Å². The summed E-state index contributed by atoms with van der Waals surface area (Å²) in [4.78, 5) is 4.73. The summed E-state index contributed by atoms with van der Waals surface area (Å²) in [6.45, 7) is 2.20. The lowest BCUT2D eigenvalue weighted by Gasteiger charge is -2.33. The van der Waals surface area contributed by atoms with Crippen molar-refractivity contribution in [2.45, 2.75) is 70.3 Å². The van der Waals surface area contributed by atoms with E-state index < -0.39 is 0 Å². The Morgan fingerprint density at radius 2 is 1.85 bits per heavy atom. The van der Waals surface area contributed by atoms with Gasteiger partial charge in [0.05, 0.1) is 0 Å². The highest BCUT2D eigenvalue weighted by Crippen LogP contribution is 2.35. The molecule has 0 radical (unpaired) electrons. The van der Waals surface area contributed by atoms with E-state index in [4.69, 9.17) is 10.1 Å². The number of hydrogen-bond acceptors (Lipinski definition) is 2. The summed E-state index contributed by atoms with van der Waals surface area (Å²) >= 11 is 0. The average Bonchev–Trinajstić information content (AvgIpc) is 2.20. The first-order valence-corrected chi connectivity index (χ1v) is 5.65. The minimum Gasteiger partial charge on any atom is -0.251 e. The molecule has 1 N–H and O–H groups in total. The zero-order valence-corrected chi connectivity index (χ0v) is 8.72. The van der Waals surface area contributed by atoms with Crippen molar-refractivity contribution in [3.63, 3.8) is 0 Å². The van der Waals surface area contributed by atoms with Crippen molar-refractivity contribution in [2.24, 2.45) is 0 Å². The molecule has 1 aliphatic rings. The van der Waals surface area contributed by atoms with Crippen molar-refractivity contribution in [2.75, 3.05) is 0 Å². The molecule has 0 amide bonds. The molecule has 0 aliphatic heterocycles. The van der Waals surface area contributed by atoms with Crippen LogP contribution in [0, 0.1) is 0 Å². The van der Waals surface area contributed by atoms with Crippen LogP contribution in [0.5, 0.6) is 0 Å². The third-order valence-corrected chi connectivity index (χ3v) is 3.19. The van der Waals surface area contributed by atoms with E-state index in [9.17, 15) is 0 Å². The predicted octanol–water partition coefficient (Wildman–Crippen LogP) is 3.76. The lowest BCUT2D eigenvalue weighted by Crippen LogP contribution is -2.33. The highest BCUT2D eigenvalue weighted by atomic mass is 17.1. The van der Waals surface area contributed by atoms with Crippen LogP contribution >= 0.6 is 0 Å². The van der Waals surface area contributed by atoms with Crippen LogP contribution in [0.4, 0.5) is 0 Å². The molecule has 1 rings (SSSR count). The van der Waals surface area contributed by atoms with Crippen molar-refractivity contribution >= 4 is 0 Å². The van der Waals surface area contributed by atoms with Gasteiger partial charge in [-0.1, -0.05) is 45.4 Å². The zero-order valence-electron chi connectivity index (χ0n) is 8.72. The molecule has 0 aromatic heterocycles. The molecule has 0 heterocycles. The minimum absolute atomic E-state index is 0.173. The van der Waals surface area contributed by atoms with Crippen LogP contribution in [0.15, 0.2) is 0 Å². The van der Waals surface area contributed by atoms with Crippen molar-refractivity contribution in [1.82, 2.24) is 0 Å². The van der Waals surface area contributed by atoms with Crippen molar-refractivity contribution in [3.05, 3.63) is 0 Å². The maximum Gasteiger partial charge on any atom is 0.103 e. The van der Waals surface area contributed by atoms with Gasteiger partial charge in [0, 0.05) is 0 Å². The number of hydrogen-bond donors (Lipinski definition) is 1. The molecule has 0 spiro atoms. The zero-order chi connectivity index (χ0) is 9.57. The molecule has 0 unspecified atom stereocenters. The molecule has 78 valence electrons. The molecule has 1 aliphatic carbocycles. The van der Waals surface area contributed by atoms with Crippen molar-refractivity contribution in [3.8, 4) is 0 Å². The summed E-state index contributed by atoms with van der Waals surface area (Å²) in [5.74, 6) is 0. The highest BCUT2D eigenvalue weighted by Gasteiger charge is 2.32. The van der Waals surface area contributed by atoms with Gasteiger partial charge in [-0.15, -0.1) is 0 Å². The third kappa shape index (κ3) is 3.28. The molecule has 0 bridgehead atoms. The molecule has 1 saturated carbocycles. The van der Waals surface area contributed by atoms with E-state index >= 15 is 0 Å². The molecule has 1 fully saturated rings. The van der Waals surface area contributed by atoms with E-state index in [0.717, 1.165) is 19.3 Å². The molecule has 2 nitrogen and oxygen atoms in total. The topological polar surface area (TPSA) is 29.5 Å². The van der Waals surface area contributed by atoms with Crippen molar-refractivity contribution in [1.29, 1.82) is 0 Å². The first kappa shape index (κ1) is 11.0. The van der Waals surface area contributed by atoms with Gasteiger partial charge in [0.1, 0.15) is 5.60 Å². The van der Waals surface area contributed by atoms with E-state index in [1.165, 1.54) is 38.5 Å². The van der Waals surface area contributed by atoms with Crippen LogP contribution in [0.2, 0.25) is 0 Å². The minimum atomic E-state index is -0.173. The summed E-state index contributed by atoms with van der Waals surface area (Å²) in [6.07, 6.45) is 10.6. The number of unbranched alkanes of at least 4 members (excludes halogenated alkanes) is 2. The second kappa shape index (κ2) is 5.61. The largest absolute Gasteiger partial charge is 0.251 e. The molecule has 0 atom stereocenters. The average molecular weight is 186 g/mol. The predicted molar refractivity (Wildman–Crippen MR) is 53.7 cm³/mol.